The molecule has 30 heavy (non-hydrogen) atoms. The number of imidazole rings is 1. The Labute approximate surface area is 172 Å². The van der Waals surface area contributed by atoms with Crippen LogP contribution in [0.1, 0.15) is 50.5 Å². The molecule has 2 aromatic rings. The van der Waals surface area contributed by atoms with Gasteiger partial charge in [-0.25, -0.2) is 9.97 Å². The fourth-order valence-corrected chi connectivity index (χ4v) is 2.85. The highest BCUT2D eigenvalue weighted by Gasteiger charge is 2.47. The molecule has 0 N–H and O–H groups in total. The summed E-state index contributed by atoms with van der Waals surface area (Å²) in [4.78, 5) is 25.1. The van der Waals surface area contributed by atoms with Crippen molar-refractivity contribution in [3.63, 3.8) is 0 Å². The van der Waals surface area contributed by atoms with E-state index in [0.29, 0.717) is 47.2 Å². The number of alkyl halides is 3. The van der Waals surface area contributed by atoms with E-state index in [4.69, 9.17) is 14.3 Å². The monoisotopic (exact) mass is 424 g/mol. The molecule has 0 saturated heterocycles. The number of methoxy groups -OCH3 is 1. The lowest BCUT2D eigenvalue weighted by atomic mass is 9.85. The van der Waals surface area contributed by atoms with E-state index in [0.717, 1.165) is 13.8 Å². The molecule has 0 aliphatic rings. The smallest absolute Gasteiger partial charge is 0.394 e. The first-order valence-electron chi connectivity index (χ1n) is 9.11. The van der Waals surface area contributed by atoms with Crippen molar-refractivity contribution >= 4 is 6.15 Å². The largest absolute Gasteiger partial charge is 0.493 e. The number of aromatic nitrogens is 3. The molecule has 2 aromatic heterocycles. The molecule has 0 saturated carbocycles. The van der Waals surface area contributed by atoms with Gasteiger partial charge in [-0.05, 0) is 24.5 Å². The van der Waals surface area contributed by atoms with Crippen molar-refractivity contribution in [1.82, 2.24) is 14.5 Å². The van der Waals surface area contributed by atoms with Gasteiger partial charge >= 0.3 is 12.3 Å². The Morgan fingerprint density at radius 1 is 1.20 bits per heavy atom. The third-order valence-corrected chi connectivity index (χ3v) is 4.51. The Morgan fingerprint density at radius 3 is 2.23 bits per heavy atom. The Morgan fingerprint density at radius 2 is 1.80 bits per heavy atom. The van der Waals surface area contributed by atoms with Gasteiger partial charge in [0.05, 0.1) is 18.2 Å². The van der Waals surface area contributed by atoms with Gasteiger partial charge in [-0.15, -0.1) is 0 Å². The van der Waals surface area contributed by atoms with E-state index >= 15 is 0 Å². The lowest BCUT2D eigenvalue weighted by Crippen LogP contribution is -2.34. The van der Waals surface area contributed by atoms with E-state index in [2.05, 4.69) is 16.0 Å². The van der Waals surface area contributed by atoms with Crippen LogP contribution in [0.15, 0.2) is 12.3 Å². The highest BCUT2D eigenvalue weighted by Crippen LogP contribution is 2.40. The quantitative estimate of drug-likeness (QED) is 0.699. The Hall–Kier alpha value is -3.18. The molecule has 162 valence electrons. The molecule has 0 aliphatic heterocycles. The van der Waals surface area contributed by atoms with Crippen molar-refractivity contribution in [3.8, 4) is 17.6 Å². The van der Waals surface area contributed by atoms with Crippen molar-refractivity contribution in [2.45, 2.75) is 53.1 Å². The highest BCUT2D eigenvalue weighted by molar-refractivity contribution is 5.48. The normalized spacial score (nSPS) is 11.2. The summed E-state index contributed by atoms with van der Waals surface area (Å²) < 4.78 is 46.6. The van der Waals surface area contributed by atoms with E-state index in [-0.39, 0.29) is 12.6 Å². The lowest BCUT2D eigenvalue weighted by molar-refractivity contribution is -0.211. The van der Waals surface area contributed by atoms with Crippen molar-refractivity contribution in [1.29, 1.82) is 5.26 Å². The maximum absolute atomic E-state index is 13.2. The van der Waals surface area contributed by atoms with Gasteiger partial charge in [-0.3, -0.25) is 4.57 Å². The Bertz CT molecular complexity index is 953. The van der Waals surface area contributed by atoms with E-state index in [9.17, 15) is 18.4 Å². The van der Waals surface area contributed by atoms with Gasteiger partial charge in [0, 0.05) is 12.6 Å². The fraction of sp³-hybridized carbons (Fsp3) is 0.500. The lowest BCUT2D eigenvalue weighted by Gasteiger charge is -2.27. The summed E-state index contributed by atoms with van der Waals surface area (Å²) >= 11 is 0. The third kappa shape index (κ3) is 5.24. The molecular formula is C20H23F3N4O3. The summed E-state index contributed by atoms with van der Waals surface area (Å²) in [7, 11) is 1.43. The number of hydrogen-bond donors (Lipinski definition) is 0. The molecule has 7 nitrogen and oxygen atoms in total. The van der Waals surface area contributed by atoms with E-state index in [1.54, 1.807) is 10.6 Å². The first-order valence-corrected chi connectivity index (χ1v) is 9.11. The van der Waals surface area contributed by atoms with E-state index < -0.39 is 11.6 Å². The van der Waals surface area contributed by atoms with Gasteiger partial charge in [0.2, 0.25) is 0 Å². The van der Waals surface area contributed by atoms with Crippen LogP contribution >= 0.6 is 0 Å². The molecule has 10 heteroatoms. The van der Waals surface area contributed by atoms with Gasteiger partial charge in [-0.1, -0.05) is 27.7 Å². The van der Waals surface area contributed by atoms with Crippen LogP contribution in [0, 0.1) is 16.7 Å². The van der Waals surface area contributed by atoms with Crippen LogP contribution in [0.4, 0.5) is 13.2 Å². The van der Waals surface area contributed by atoms with Gasteiger partial charge in [-0.2, -0.15) is 28.0 Å². The second-order valence-electron chi connectivity index (χ2n) is 6.99. The topological polar surface area (TPSA) is 97.9 Å². The Balaban J connectivity index is 0.00000141. The summed E-state index contributed by atoms with van der Waals surface area (Å²) in [6.45, 7) is 6.12. The SMILES string of the molecule is CCc1nc(CC)n(-c2ncc(CC(C)(C)C(F)(F)F)cc2OC)c1C#N.O=C=O. The number of halogens is 3. The van der Waals surface area contributed by atoms with Crippen LogP contribution in [0.2, 0.25) is 0 Å². The summed E-state index contributed by atoms with van der Waals surface area (Å²) in [6, 6.07) is 3.69. The summed E-state index contributed by atoms with van der Waals surface area (Å²) in [5.41, 5.74) is -0.466. The number of ether oxygens (including phenoxy) is 1. The van der Waals surface area contributed by atoms with Gasteiger partial charge < -0.3 is 4.74 Å². The number of nitrogens with zero attached hydrogens (tertiary/aromatic N) is 4. The predicted molar refractivity (Wildman–Crippen MR) is 99.9 cm³/mol. The molecule has 0 aromatic carbocycles. The predicted octanol–water partition coefficient (Wildman–Crippen LogP) is 3.82. The standard InChI is InChI=1S/C19H23F3N4O.CO2/c1-6-13-14(10-23)26(16(7-2)25-13)17-15(27-5)8-12(11-24-17)9-18(3,4)19(20,21)22;2-1-3/h8,11H,6-7,9H2,1-5H3;. The highest BCUT2D eigenvalue weighted by atomic mass is 19.4. The fourth-order valence-electron chi connectivity index (χ4n) is 2.85. The first kappa shape index (κ1) is 24.9. The number of rotatable bonds is 6. The molecule has 0 bridgehead atoms. The molecule has 0 unspecified atom stereocenters. The van der Waals surface area contributed by atoms with Crippen LogP contribution in [0.25, 0.3) is 5.82 Å². The van der Waals surface area contributed by atoms with Crippen LogP contribution in [-0.2, 0) is 28.9 Å². The molecule has 2 rings (SSSR count). The number of hydrogen-bond acceptors (Lipinski definition) is 6. The van der Waals surface area contributed by atoms with E-state index in [1.165, 1.54) is 13.3 Å². The van der Waals surface area contributed by atoms with Crippen molar-refractivity contribution < 1.29 is 27.5 Å². The molecule has 0 radical (unpaired) electrons. The van der Waals surface area contributed by atoms with Crippen LogP contribution in [0.3, 0.4) is 0 Å². The average Bonchev–Trinajstić information content (AvgIpc) is 3.04. The average molecular weight is 424 g/mol. The molecule has 0 spiro atoms. The minimum absolute atomic E-state index is 0.226. The van der Waals surface area contributed by atoms with Gasteiger partial charge in [0.15, 0.2) is 11.6 Å². The van der Waals surface area contributed by atoms with Crippen LogP contribution in [0.5, 0.6) is 5.75 Å². The molecule has 0 fully saturated rings. The number of nitriles is 1. The maximum Gasteiger partial charge on any atom is 0.394 e. The minimum Gasteiger partial charge on any atom is -0.493 e. The number of carbonyl (C=O) groups excluding carboxylic acids is 2. The molecular weight excluding hydrogens is 401 g/mol. The molecule has 0 aliphatic carbocycles. The second kappa shape index (κ2) is 10.0. The zero-order valence-corrected chi connectivity index (χ0v) is 17.4. The molecule has 0 amide bonds. The number of pyridine rings is 1. The number of aryl methyl sites for hydroxylation is 2. The van der Waals surface area contributed by atoms with Crippen molar-refractivity contribution in [2.75, 3.05) is 7.11 Å². The summed E-state index contributed by atoms with van der Waals surface area (Å²) in [5.74, 6) is 1.31. The zero-order valence-electron chi connectivity index (χ0n) is 17.4. The third-order valence-electron chi connectivity index (χ3n) is 4.51. The van der Waals surface area contributed by atoms with Crippen LogP contribution < -0.4 is 4.74 Å². The molecule has 0 atom stereocenters. The zero-order chi connectivity index (χ0) is 23.1. The first-order chi connectivity index (χ1) is 14.0. The minimum atomic E-state index is -4.33. The van der Waals surface area contributed by atoms with E-state index in [1.807, 2.05) is 13.8 Å². The van der Waals surface area contributed by atoms with Crippen LogP contribution in [-0.4, -0.2) is 34.0 Å². The van der Waals surface area contributed by atoms with Crippen molar-refractivity contribution in [2.24, 2.45) is 5.41 Å². The maximum atomic E-state index is 13.2. The summed E-state index contributed by atoms with van der Waals surface area (Å²) in [5, 5.41) is 9.56. The van der Waals surface area contributed by atoms with Gasteiger partial charge in [0.1, 0.15) is 17.6 Å². The second-order valence-corrected chi connectivity index (χ2v) is 6.99. The van der Waals surface area contributed by atoms with Crippen molar-refractivity contribution in [3.05, 3.63) is 35.0 Å². The van der Waals surface area contributed by atoms with Gasteiger partial charge in [0.25, 0.3) is 0 Å². The Kier molecular flexibility index (Phi) is 8.31. The molecule has 2 heterocycles. The summed E-state index contributed by atoms with van der Waals surface area (Å²) in [6.07, 6.45) is -1.75.